The van der Waals surface area contributed by atoms with E-state index in [-0.39, 0.29) is 0 Å². The van der Waals surface area contributed by atoms with Gasteiger partial charge in [-0.15, -0.1) is 0 Å². The molecule has 1 aliphatic rings. The SMILES string of the molecule is CC(C)=C1CCCCCCCCCCC1. The standard InChI is InChI=1S/C15H28/c1-14(2)15-12-10-8-6-4-3-5-7-9-11-13-15/h3-13H2,1-2H3. The zero-order chi connectivity index (χ0) is 10.9. The van der Waals surface area contributed by atoms with Gasteiger partial charge in [0.2, 0.25) is 0 Å². The molecule has 0 aromatic carbocycles. The highest BCUT2D eigenvalue weighted by Crippen LogP contribution is 2.22. The molecule has 1 rings (SSSR count). The third-order valence-corrected chi connectivity index (χ3v) is 3.66. The molecule has 0 nitrogen and oxygen atoms in total. The topological polar surface area (TPSA) is 0 Å². The summed E-state index contributed by atoms with van der Waals surface area (Å²) in [5.41, 5.74) is 3.35. The molecular weight excluding hydrogens is 180 g/mol. The van der Waals surface area contributed by atoms with Gasteiger partial charge in [0.15, 0.2) is 0 Å². The van der Waals surface area contributed by atoms with Gasteiger partial charge in [-0.1, -0.05) is 56.1 Å². The van der Waals surface area contributed by atoms with Crippen molar-refractivity contribution in [3.8, 4) is 0 Å². The molecule has 1 saturated carbocycles. The molecule has 0 aromatic heterocycles. The minimum absolute atomic E-state index is 1.38. The average Bonchev–Trinajstić information content (AvgIpc) is 2.18. The number of hydrogen-bond donors (Lipinski definition) is 0. The molecule has 0 saturated heterocycles. The van der Waals surface area contributed by atoms with Crippen molar-refractivity contribution in [3.63, 3.8) is 0 Å². The molecule has 0 bridgehead atoms. The zero-order valence-corrected chi connectivity index (χ0v) is 10.8. The summed E-state index contributed by atoms with van der Waals surface area (Å²) in [5.74, 6) is 0. The van der Waals surface area contributed by atoms with Crippen LogP contribution in [0.15, 0.2) is 11.1 Å². The Balaban J connectivity index is 2.36. The minimum atomic E-state index is 1.38. The Morgan fingerprint density at radius 3 is 1.27 bits per heavy atom. The molecule has 0 aliphatic heterocycles. The predicted octanol–water partition coefficient (Wildman–Crippen LogP) is 5.63. The molecule has 0 amide bonds. The van der Waals surface area contributed by atoms with Crippen LogP contribution < -0.4 is 0 Å². The highest BCUT2D eigenvalue weighted by molar-refractivity contribution is 5.09. The molecule has 0 atom stereocenters. The van der Waals surface area contributed by atoms with Crippen LogP contribution in [-0.4, -0.2) is 0 Å². The van der Waals surface area contributed by atoms with Crippen LogP contribution in [0.2, 0.25) is 0 Å². The lowest BCUT2D eigenvalue weighted by molar-refractivity contribution is 0.538. The van der Waals surface area contributed by atoms with Crippen LogP contribution in [-0.2, 0) is 0 Å². The zero-order valence-electron chi connectivity index (χ0n) is 10.8. The summed E-state index contributed by atoms with van der Waals surface area (Å²) < 4.78 is 0. The van der Waals surface area contributed by atoms with Gasteiger partial charge in [-0.3, -0.25) is 0 Å². The third kappa shape index (κ3) is 6.02. The number of rotatable bonds is 0. The van der Waals surface area contributed by atoms with E-state index in [1.54, 1.807) is 11.1 Å². The van der Waals surface area contributed by atoms with E-state index in [2.05, 4.69) is 13.8 Å². The van der Waals surface area contributed by atoms with Crippen molar-refractivity contribution >= 4 is 0 Å². The fraction of sp³-hybridized carbons (Fsp3) is 0.867. The Labute approximate surface area is 96.2 Å². The van der Waals surface area contributed by atoms with Crippen molar-refractivity contribution in [1.82, 2.24) is 0 Å². The van der Waals surface area contributed by atoms with Gasteiger partial charge in [-0.05, 0) is 39.5 Å². The molecular formula is C15H28. The van der Waals surface area contributed by atoms with Crippen molar-refractivity contribution in [1.29, 1.82) is 0 Å². The lowest BCUT2D eigenvalue weighted by Crippen LogP contribution is -1.91. The van der Waals surface area contributed by atoms with Crippen molar-refractivity contribution < 1.29 is 0 Å². The van der Waals surface area contributed by atoms with Gasteiger partial charge in [0.25, 0.3) is 0 Å². The average molecular weight is 208 g/mol. The maximum Gasteiger partial charge on any atom is -0.0318 e. The van der Waals surface area contributed by atoms with Crippen LogP contribution in [0.25, 0.3) is 0 Å². The first-order chi connectivity index (χ1) is 7.30. The van der Waals surface area contributed by atoms with Crippen LogP contribution in [0, 0.1) is 0 Å². The van der Waals surface area contributed by atoms with Crippen molar-refractivity contribution in [3.05, 3.63) is 11.1 Å². The second kappa shape index (κ2) is 7.96. The molecule has 15 heavy (non-hydrogen) atoms. The largest absolute Gasteiger partial charge is 0.0772 e. The van der Waals surface area contributed by atoms with Gasteiger partial charge in [-0.25, -0.2) is 0 Å². The Bertz CT molecular complexity index is 170. The minimum Gasteiger partial charge on any atom is -0.0772 e. The molecule has 0 spiro atoms. The summed E-state index contributed by atoms with van der Waals surface area (Å²) >= 11 is 0. The van der Waals surface area contributed by atoms with Crippen LogP contribution in [0.3, 0.4) is 0 Å². The smallest absolute Gasteiger partial charge is 0.0318 e. The normalized spacial score (nSPS) is 21.6. The summed E-state index contributed by atoms with van der Waals surface area (Å²) in [7, 11) is 0. The van der Waals surface area contributed by atoms with E-state index in [0.717, 1.165) is 0 Å². The molecule has 0 radical (unpaired) electrons. The first-order valence-electron chi connectivity index (χ1n) is 6.96. The van der Waals surface area contributed by atoms with E-state index in [9.17, 15) is 0 Å². The van der Waals surface area contributed by atoms with Gasteiger partial charge in [0, 0.05) is 0 Å². The van der Waals surface area contributed by atoms with Crippen LogP contribution in [0.5, 0.6) is 0 Å². The lowest BCUT2D eigenvalue weighted by atomic mass is 9.95. The van der Waals surface area contributed by atoms with Gasteiger partial charge in [0.1, 0.15) is 0 Å². The third-order valence-electron chi connectivity index (χ3n) is 3.66. The molecule has 88 valence electrons. The Morgan fingerprint density at radius 1 is 0.600 bits per heavy atom. The van der Waals surface area contributed by atoms with Gasteiger partial charge in [0.05, 0.1) is 0 Å². The Morgan fingerprint density at radius 2 is 0.933 bits per heavy atom. The van der Waals surface area contributed by atoms with Crippen molar-refractivity contribution in [2.24, 2.45) is 0 Å². The monoisotopic (exact) mass is 208 g/mol. The summed E-state index contributed by atoms with van der Waals surface area (Å²) in [6.07, 6.45) is 15.9. The quantitative estimate of drug-likeness (QED) is 0.453. The maximum absolute atomic E-state index is 2.29. The van der Waals surface area contributed by atoms with Crippen LogP contribution in [0.1, 0.15) is 84.5 Å². The van der Waals surface area contributed by atoms with Crippen molar-refractivity contribution in [2.45, 2.75) is 84.5 Å². The highest BCUT2D eigenvalue weighted by atomic mass is 14.1. The van der Waals surface area contributed by atoms with E-state index in [1.165, 1.54) is 70.6 Å². The molecule has 1 aliphatic carbocycles. The molecule has 1 fully saturated rings. The van der Waals surface area contributed by atoms with E-state index in [1.807, 2.05) is 0 Å². The molecule has 0 heterocycles. The molecule has 0 aromatic rings. The van der Waals surface area contributed by atoms with E-state index in [4.69, 9.17) is 0 Å². The molecule has 0 unspecified atom stereocenters. The Hall–Kier alpha value is -0.260. The number of allylic oxidation sites excluding steroid dienone is 2. The Kier molecular flexibility index (Phi) is 6.80. The summed E-state index contributed by atoms with van der Waals surface area (Å²) in [6, 6.07) is 0. The first kappa shape index (κ1) is 12.8. The molecule has 0 N–H and O–H groups in total. The van der Waals surface area contributed by atoms with Crippen LogP contribution in [0.4, 0.5) is 0 Å². The number of hydrogen-bond acceptors (Lipinski definition) is 0. The van der Waals surface area contributed by atoms with Gasteiger partial charge >= 0.3 is 0 Å². The van der Waals surface area contributed by atoms with Gasteiger partial charge in [-0.2, -0.15) is 0 Å². The van der Waals surface area contributed by atoms with E-state index in [0.29, 0.717) is 0 Å². The second-order valence-electron chi connectivity index (χ2n) is 5.29. The lowest BCUT2D eigenvalue weighted by Gasteiger charge is -2.11. The van der Waals surface area contributed by atoms with Crippen molar-refractivity contribution in [2.75, 3.05) is 0 Å². The highest BCUT2D eigenvalue weighted by Gasteiger charge is 2.02. The summed E-state index contributed by atoms with van der Waals surface area (Å²) in [4.78, 5) is 0. The summed E-state index contributed by atoms with van der Waals surface area (Å²) in [5, 5.41) is 0. The fourth-order valence-corrected chi connectivity index (χ4v) is 2.54. The summed E-state index contributed by atoms with van der Waals surface area (Å²) in [6.45, 7) is 4.59. The second-order valence-corrected chi connectivity index (χ2v) is 5.29. The van der Waals surface area contributed by atoms with Gasteiger partial charge < -0.3 is 0 Å². The fourth-order valence-electron chi connectivity index (χ4n) is 2.54. The predicted molar refractivity (Wildman–Crippen MR) is 69.2 cm³/mol. The molecule has 0 heteroatoms. The van der Waals surface area contributed by atoms with E-state index < -0.39 is 0 Å². The first-order valence-corrected chi connectivity index (χ1v) is 6.96. The maximum atomic E-state index is 2.29. The van der Waals surface area contributed by atoms with Crippen LogP contribution >= 0.6 is 0 Å². The van der Waals surface area contributed by atoms with E-state index >= 15 is 0 Å².